The van der Waals surface area contributed by atoms with Gasteiger partial charge in [-0.15, -0.1) is 0 Å². The summed E-state index contributed by atoms with van der Waals surface area (Å²) in [6.45, 7) is 12.4. The van der Waals surface area contributed by atoms with Gasteiger partial charge in [0.25, 0.3) is 0 Å². The first kappa shape index (κ1) is 18.7. The van der Waals surface area contributed by atoms with Crippen LogP contribution in [0, 0.1) is 57.7 Å². The lowest BCUT2D eigenvalue weighted by Crippen LogP contribution is -2.56. The molecule has 160 valence electrons. The van der Waals surface area contributed by atoms with Gasteiger partial charge in [0.2, 0.25) is 0 Å². The molecule has 5 rings (SSSR count). The van der Waals surface area contributed by atoms with Gasteiger partial charge in [-0.05, 0) is 104 Å². The monoisotopic (exact) mass is 387 g/mol. The van der Waals surface area contributed by atoms with Gasteiger partial charge in [0.05, 0.1) is 6.10 Å². The third-order valence-corrected chi connectivity index (χ3v) is 11.4. The quantitative estimate of drug-likeness (QED) is 0.534. The highest BCUT2D eigenvalue weighted by Crippen LogP contribution is 2.81. The number of fused-ring (bicyclic) bond motifs is 4. The second-order valence-corrected chi connectivity index (χ2v) is 12.8. The molecule has 0 amide bonds. The Kier molecular flexibility index (Phi) is 4.33. The summed E-state index contributed by atoms with van der Waals surface area (Å²) >= 11 is 0. The van der Waals surface area contributed by atoms with Crippen molar-refractivity contribution in [2.45, 2.75) is 111 Å². The fourth-order valence-corrected chi connectivity index (χ4v) is 10.0. The summed E-state index contributed by atoms with van der Waals surface area (Å²) in [4.78, 5) is 0. The van der Waals surface area contributed by atoms with E-state index in [-0.39, 0.29) is 23.3 Å². The van der Waals surface area contributed by atoms with Gasteiger partial charge in [-0.1, -0.05) is 53.9 Å². The van der Waals surface area contributed by atoms with Crippen molar-refractivity contribution in [2.75, 3.05) is 0 Å². The minimum atomic E-state index is -0.200. The van der Waals surface area contributed by atoms with Crippen molar-refractivity contribution in [2.24, 2.45) is 57.7 Å². The molecule has 0 bridgehead atoms. The van der Waals surface area contributed by atoms with Gasteiger partial charge in [-0.25, -0.2) is 0 Å². The zero-order valence-corrected chi connectivity index (χ0v) is 19.2. The van der Waals surface area contributed by atoms with Crippen molar-refractivity contribution in [1.82, 2.24) is 0 Å². The highest BCUT2D eigenvalue weighted by Gasteiger charge is 2.77. The molecular formula is C27H46O. The summed E-state index contributed by atoms with van der Waals surface area (Å²) in [6, 6.07) is 0. The Hall–Kier alpha value is -0.0400. The Morgan fingerprint density at radius 1 is 1.00 bits per heavy atom. The van der Waals surface area contributed by atoms with E-state index in [1.807, 2.05) is 0 Å². The van der Waals surface area contributed by atoms with E-state index in [1.54, 1.807) is 0 Å². The number of rotatable bonds is 5. The molecule has 1 spiro atoms. The molecule has 0 heterocycles. The van der Waals surface area contributed by atoms with E-state index in [9.17, 15) is 5.11 Å². The van der Waals surface area contributed by atoms with Gasteiger partial charge >= 0.3 is 0 Å². The molecular weight excluding hydrogens is 340 g/mol. The van der Waals surface area contributed by atoms with Crippen LogP contribution in [0.1, 0.15) is 107 Å². The number of aliphatic hydroxyl groups is 1. The number of hydrogen-bond acceptors (Lipinski definition) is 1. The second-order valence-electron chi connectivity index (χ2n) is 12.8. The lowest BCUT2D eigenvalue weighted by Gasteiger charge is -2.60. The first-order valence-corrected chi connectivity index (χ1v) is 12.8. The topological polar surface area (TPSA) is 20.2 Å². The first-order valence-electron chi connectivity index (χ1n) is 13.4. The first-order chi connectivity index (χ1) is 13.7. The molecule has 5 saturated carbocycles. The van der Waals surface area contributed by atoms with Crippen molar-refractivity contribution in [3.63, 3.8) is 0 Å². The molecule has 11 atom stereocenters. The average Bonchev–Trinajstić information content (AvgIpc) is 2.94. The van der Waals surface area contributed by atoms with Gasteiger partial charge < -0.3 is 5.11 Å². The van der Waals surface area contributed by atoms with E-state index in [0.717, 1.165) is 41.9 Å². The van der Waals surface area contributed by atoms with E-state index in [1.165, 1.54) is 57.8 Å². The van der Waals surface area contributed by atoms with Crippen molar-refractivity contribution in [3.8, 4) is 0 Å². The zero-order valence-electron chi connectivity index (χ0n) is 20.2. The molecule has 0 radical (unpaired) electrons. The summed E-state index contributed by atoms with van der Waals surface area (Å²) in [5.41, 5.74) is 0.722. The van der Waals surface area contributed by atoms with Gasteiger partial charge in [-0.2, -0.15) is 0 Å². The number of hydrogen-bond donors (Lipinski definition) is 1. The molecule has 0 aromatic carbocycles. The third-order valence-electron chi connectivity index (χ3n) is 11.4. The summed E-state index contributed by atoms with van der Waals surface area (Å²) < 4.78 is 8.69. The van der Waals surface area contributed by atoms with Crippen molar-refractivity contribution < 1.29 is 6.48 Å². The van der Waals surface area contributed by atoms with E-state index in [2.05, 4.69) is 34.6 Å². The highest BCUT2D eigenvalue weighted by molar-refractivity contribution is 5.25. The predicted molar refractivity (Wildman–Crippen MR) is 117 cm³/mol. The molecule has 28 heavy (non-hydrogen) atoms. The Morgan fingerprint density at radius 3 is 2.50 bits per heavy atom. The van der Waals surface area contributed by atoms with Crippen LogP contribution in [0.3, 0.4) is 0 Å². The van der Waals surface area contributed by atoms with E-state index < -0.39 is 0 Å². The van der Waals surface area contributed by atoms with Crippen molar-refractivity contribution in [3.05, 3.63) is 0 Å². The molecule has 1 nitrogen and oxygen atoms in total. The lowest BCUT2D eigenvalue weighted by molar-refractivity contribution is -0.152. The van der Waals surface area contributed by atoms with E-state index in [0.29, 0.717) is 11.3 Å². The molecule has 0 aromatic rings. The lowest BCUT2D eigenvalue weighted by atomic mass is 9.45. The summed E-state index contributed by atoms with van der Waals surface area (Å²) in [6.07, 6.45) is 13.1. The fraction of sp³-hybridized carbons (Fsp3) is 1.00. The molecule has 1 heteroatoms. The van der Waals surface area contributed by atoms with Gasteiger partial charge in [0.15, 0.2) is 0 Å². The summed E-state index contributed by atoms with van der Waals surface area (Å²) in [5, 5.41) is 11.4. The largest absolute Gasteiger partial charge is 0.393 e. The maximum absolute atomic E-state index is 11.4. The Bertz CT molecular complexity index is 646. The molecule has 0 saturated heterocycles. The predicted octanol–water partition coefficient (Wildman–Crippen LogP) is 7.08. The molecule has 1 N–H and O–H groups in total. The average molecular weight is 388 g/mol. The van der Waals surface area contributed by atoms with Crippen LogP contribution < -0.4 is 0 Å². The Morgan fingerprint density at radius 2 is 1.79 bits per heavy atom. The van der Waals surface area contributed by atoms with Crippen LogP contribution >= 0.6 is 0 Å². The van der Waals surface area contributed by atoms with Crippen molar-refractivity contribution >= 4 is 0 Å². The maximum Gasteiger partial charge on any atom is 0.0607 e. The van der Waals surface area contributed by atoms with Crippen LogP contribution in [0.15, 0.2) is 0 Å². The van der Waals surface area contributed by atoms with E-state index in [4.69, 9.17) is 1.37 Å². The minimum absolute atomic E-state index is 0.0238. The molecule has 5 fully saturated rings. The molecule has 5 aliphatic carbocycles. The van der Waals surface area contributed by atoms with Gasteiger partial charge in [0.1, 0.15) is 0 Å². The smallest absolute Gasteiger partial charge is 0.0607 e. The van der Waals surface area contributed by atoms with Crippen molar-refractivity contribution in [1.29, 1.82) is 0 Å². The maximum atomic E-state index is 11.4. The van der Waals surface area contributed by atoms with Crippen LogP contribution in [-0.2, 0) is 0 Å². The SMILES string of the molecule is [2H][C@@H]1[C@H]2CC[C@]3(C)[C@H]4CC[C@]5(C)[C@@H]([C@H](C)CCCC(C)C)CC[C@H]5[C@@H]4C[C@@H](O)C123. The number of aliphatic hydroxyl groups excluding tert-OH is 1. The van der Waals surface area contributed by atoms with Crippen LogP contribution in [0.5, 0.6) is 0 Å². The second kappa shape index (κ2) is 6.48. The Labute approximate surface area is 175 Å². The van der Waals surface area contributed by atoms with Gasteiger partial charge in [0, 0.05) is 6.79 Å². The molecule has 5 aliphatic rings. The third kappa shape index (κ3) is 2.47. The highest BCUT2D eigenvalue weighted by atomic mass is 16.3. The zero-order chi connectivity index (χ0) is 20.8. The fourth-order valence-electron chi connectivity index (χ4n) is 10.0. The standard InChI is InChI=1S/C27H46O/c1-17(2)7-6-8-18(3)21-9-10-22-20-15-24(28)27-16-19(27)11-14-26(27,5)23(20)12-13-25(21,22)4/h17-24,28H,6-16H2,1-5H3/t18-,19-,20+,21-,22+,23+,24-,25-,26-,27?/m1/s1/i16D/t16-,18-,19-,20+,21-,22+,23+,24-,25-,26-,27?. The normalized spacial score (nSPS) is 58.5. The molecule has 0 aromatic heterocycles. The van der Waals surface area contributed by atoms with E-state index >= 15 is 0 Å². The Balaban J connectivity index is 1.35. The van der Waals surface area contributed by atoms with Crippen LogP contribution in [0.25, 0.3) is 0 Å². The van der Waals surface area contributed by atoms with Crippen LogP contribution in [-0.4, -0.2) is 11.2 Å². The van der Waals surface area contributed by atoms with Crippen LogP contribution in [0.2, 0.25) is 0 Å². The van der Waals surface area contributed by atoms with Gasteiger partial charge in [-0.3, -0.25) is 0 Å². The molecule has 1 unspecified atom stereocenters. The van der Waals surface area contributed by atoms with Crippen LogP contribution in [0.4, 0.5) is 0 Å². The minimum Gasteiger partial charge on any atom is -0.393 e. The summed E-state index contributed by atoms with van der Waals surface area (Å²) in [5.74, 6) is 5.41. The molecule has 0 aliphatic heterocycles. The summed E-state index contributed by atoms with van der Waals surface area (Å²) in [7, 11) is 0.